The second kappa shape index (κ2) is 13.1. The Kier molecular flexibility index (Phi) is 8.50. The van der Waals surface area contributed by atoms with Crippen LogP contribution in [-0.2, 0) is 42.6 Å². The smallest absolute Gasteiger partial charge is 0.302 e. The van der Waals surface area contributed by atoms with Gasteiger partial charge in [0.2, 0.25) is 0 Å². The number of esters is 1. The number of amides is 2. The molecule has 13 nitrogen and oxygen atoms in total. The number of hydrogen-bond acceptors (Lipinski definition) is 9. The molecule has 4 aromatic rings. The van der Waals surface area contributed by atoms with Crippen molar-refractivity contribution in [1.82, 2.24) is 29.2 Å². The number of anilines is 3. The number of likely N-dealkylation sites (tertiary alicyclic amines) is 1. The number of nitrogens with one attached hydrogen (secondary N) is 1. The highest BCUT2D eigenvalue weighted by atomic mass is 16.5. The molecule has 0 aromatic carbocycles. The van der Waals surface area contributed by atoms with Gasteiger partial charge in [-0.25, -0.2) is 14.6 Å². The van der Waals surface area contributed by atoms with E-state index < -0.39 is 5.97 Å². The molecule has 1 fully saturated rings. The fourth-order valence-electron chi connectivity index (χ4n) is 6.95. The lowest BCUT2D eigenvalue weighted by Crippen LogP contribution is -2.41. The number of rotatable bonds is 7. The Morgan fingerprint density at radius 1 is 0.938 bits per heavy atom. The van der Waals surface area contributed by atoms with Gasteiger partial charge in [-0.15, -0.1) is 0 Å². The minimum Gasteiger partial charge on any atom is -0.461 e. The van der Waals surface area contributed by atoms with Gasteiger partial charge in [0, 0.05) is 69.4 Å². The molecule has 0 bridgehead atoms. The van der Waals surface area contributed by atoms with Gasteiger partial charge in [0.15, 0.2) is 0 Å². The lowest BCUT2D eigenvalue weighted by atomic mass is 9.98. The summed E-state index contributed by atoms with van der Waals surface area (Å²) in [6.07, 6.45) is 10.4. The minimum atomic E-state index is -0.480. The van der Waals surface area contributed by atoms with Gasteiger partial charge in [0.1, 0.15) is 29.6 Å². The van der Waals surface area contributed by atoms with Crippen LogP contribution in [0.15, 0.2) is 47.5 Å². The molecule has 0 spiro atoms. The fourth-order valence-corrected chi connectivity index (χ4v) is 6.95. The van der Waals surface area contributed by atoms with Crippen LogP contribution in [0.1, 0.15) is 76.7 Å². The van der Waals surface area contributed by atoms with Crippen LogP contribution in [0.25, 0.3) is 11.3 Å². The molecule has 3 aliphatic rings. The number of ether oxygens (including phenoxy) is 1. The van der Waals surface area contributed by atoms with Crippen LogP contribution >= 0.6 is 0 Å². The van der Waals surface area contributed by atoms with Gasteiger partial charge in [-0.3, -0.25) is 24.1 Å². The molecule has 0 saturated carbocycles. The third-order valence-corrected chi connectivity index (χ3v) is 9.38. The Labute approximate surface area is 277 Å². The quantitative estimate of drug-likeness (QED) is 0.293. The Hall–Kier alpha value is -5.33. The highest BCUT2D eigenvalue weighted by Gasteiger charge is 2.33. The second-order valence-electron chi connectivity index (χ2n) is 12.5. The van der Waals surface area contributed by atoms with Crippen molar-refractivity contribution in [1.29, 1.82) is 0 Å². The van der Waals surface area contributed by atoms with E-state index in [-0.39, 0.29) is 29.7 Å². The van der Waals surface area contributed by atoms with E-state index in [1.807, 2.05) is 11.0 Å². The zero-order valence-electron chi connectivity index (χ0n) is 27.2. The summed E-state index contributed by atoms with van der Waals surface area (Å²) < 4.78 is 8.82. The van der Waals surface area contributed by atoms with Crippen LogP contribution in [-0.4, -0.2) is 66.6 Å². The summed E-state index contributed by atoms with van der Waals surface area (Å²) in [5, 5.41) is 7.61. The normalized spacial score (nSPS) is 15.9. The van der Waals surface area contributed by atoms with Crippen molar-refractivity contribution in [3.8, 4) is 11.3 Å². The predicted octanol–water partition coefficient (Wildman–Crippen LogP) is 4.01. The number of carbonyl (C=O) groups excluding carboxylic acids is 3. The number of fused-ring (bicyclic) bond motifs is 3. The van der Waals surface area contributed by atoms with Crippen molar-refractivity contribution in [3.05, 3.63) is 81.2 Å². The van der Waals surface area contributed by atoms with E-state index in [0.29, 0.717) is 52.8 Å². The van der Waals surface area contributed by atoms with Gasteiger partial charge in [-0.05, 0) is 80.8 Å². The van der Waals surface area contributed by atoms with E-state index >= 15 is 0 Å². The highest BCUT2D eigenvalue weighted by Crippen LogP contribution is 2.34. The molecule has 4 aromatic heterocycles. The van der Waals surface area contributed by atoms with Crippen LogP contribution in [0.3, 0.4) is 0 Å². The Morgan fingerprint density at radius 3 is 2.52 bits per heavy atom. The molecule has 0 unspecified atom stereocenters. The van der Waals surface area contributed by atoms with Gasteiger partial charge >= 0.3 is 5.97 Å². The summed E-state index contributed by atoms with van der Waals surface area (Å²) in [5.41, 5.74) is 4.90. The summed E-state index contributed by atoms with van der Waals surface area (Å²) >= 11 is 0. The summed E-state index contributed by atoms with van der Waals surface area (Å²) in [5.74, 6) is 0.0778. The molecule has 6 heterocycles. The first kappa shape index (κ1) is 31.3. The zero-order valence-corrected chi connectivity index (χ0v) is 27.2. The summed E-state index contributed by atoms with van der Waals surface area (Å²) in [6, 6.07) is 8.71. The van der Waals surface area contributed by atoms with Crippen molar-refractivity contribution >= 4 is 35.1 Å². The first-order chi connectivity index (χ1) is 23.3. The predicted molar refractivity (Wildman–Crippen MR) is 178 cm³/mol. The standard InChI is InChI=1S/C35H38N8O5/c1-22(44)48-21-26-25(12-13-36-32(26)43-17-16-42-29-9-5-4-8-23(29)18-30(42)35(43)47)27-19-28(34(46)40(2)39-27)38-31-11-10-24(20-37-31)33(45)41-14-6-3-7-15-41/h10-13,18-20H,3-9,14-17,21H2,1-2H3,(H,37,38). The minimum absolute atomic E-state index is 0.0513. The number of nitrogens with zero attached hydrogens (tertiary/aromatic N) is 7. The molecule has 1 N–H and O–H groups in total. The van der Waals surface area contributed by atoms with E-state index in [1.54, 1.807) is 42.4 Å². The van der Waals surface area contributed by atoms with Crippen molar-refractivity contribution in [3.63, 3.8) is 0 Å². The molecule has 248 valence electrons. The van der Waals surface area contributed by atoms with Crippen LogP contribution < -0.4 is 15.8 Å². The zero-order chi connectivity index (χ0) is 33.4. The number of hydrogen-bond donors (Lipinski definition) is 1. The average Bonchev–Trinajstić information content (AvgIpc) is 3.49. The van der Waals surface area contributed by atoms with E-state index in [0.717, 1.165) is 58.0 Å². The van der Waals surface area contributed by atoms with Crippen LogP contribution in [0.2, 0.25) is 0 Å². The second-order valence-corrected chi connectivity index (χ2v) is 12.5. The van der Waals surface area contributed by atoms with Crippen molar-refractivity contribution in [2.24, 2.45) is 7.05 Å². The SMILES string of the molecule is CC(=O)OCc1c(-c2cc(Nc3ccc(C(=O)N4CCCCC4)cn3)c(=O)n(C)n2)ccnc1N1CCn2c(cc3c2CCCC3)C1=O. The maximum absolute atomic E-state index is 13.9. The molecule has 1 saturated heterocycles. The molecular weight excluding hydrogens is 612 g/mol. The Morgan fingerprint density at radius 2 is 1.75 bits per heavy atom. The number of piperidine rings is 1. The van der Waals surface area contributed by atoms with Crippen molar-refractivity contribution < 1.29 is 19.1 Å². The molecule has 48 heavy (non-hydrogen) atoms. The number of aryl methyl sites for hydroxylation is 2. The summed E-state index contributed by atoms with van der Waals surface area (Å²) in [4.78, 5) is 64.5. The Bertz CT molecular complexity index is 1960. The molecule has 1 aliphatic carbocycles. The third-order valence-electron chi connectivity index (χ3n) is 9.38. The summed E-state index contributed by atoms with van der Waals surface area (Å²) in [6.45, 7) is 3.71. The van der Waals surface area contributed by atoms with Gasteiger partial charge in [0.05, 0.1) is 11.3 Å². The van der Waals surface area contributed by atoms with E-state index in [1.165, 1.54) is 29.1 Å². The first-order valence-electron chi connectivity index (χ1n) is 16.5. The lowest BCUT2D eigenvalue weighted by molar-refractivity contribution is -0.142. The monoisotopic (exact) mass is 650 g/mol. The van der Waals surface area contributed by atoms with Gasteiger partial charge in [-0.2, -0.15) is 5.10 Å². The molecule has 7 rings (SSSR count). The molecule has 2 amide bonds. The number of pyridine rings is 2. The van der Waals surface area contributed by atoms with Crippen molar-refractivity contribution in [2.45, 2.75) is 65.0 Å². The fraction of sp³-hybridized carbons (Fsp3) is 0.400. The lowest BCUT2D eigenvalue weighted by Gasteiger charge is -2.30. The van der Waals surface area contributed by atoms with Crippen LogP contribution in [0.5, 0.6) is 0 Å². The van der Waals surface area contributed by atoms with Gasteiger partial charge in [-0.1, -0.05) is 0 Å². The number of carbonyl (C=O) groups is 3. The van der Waals surface area contributed by atoms with E-state index in [9.17, 15) is 19.2 Å². The van der Waals surface area contributed by atoms with Crippen LogP contribution in [0, 0.1) is 0 Å². The molecule has 0 atom stereocenters. The average molecular weight is 651 g/mol. The largest absolute Gasteiger partial charge is 0.461 e. The number of aromatic nitrogens is 5. The van der Waals surface area contributed by atoms with Crippen LogP contribution in [0.4, 0.5) is 17.3 Å². The highest BCUT2D eigenvalue weighted by molar-refractivity contribution is 6.06. The van der Waals surface area contributed by atoms with Gasteiger partial charge < -0.3 is 19.5 Å². The third kappa shape index (κ3) is 5.96. The molecule has 2 aliphatic heterocycles. The van der Waals surface area contributed by atoms with Crippen molar-refractivity contribution in [2.75, 3.05) is 29.9 Å². The van der Waals surface area contributed by atoms with Gasteiger partial charge in [0.25, 0.3) is 17.4 Å². The summed E-state index contributed by atoms with van der Waals surface area (Å²) in [7, 11) is 1.54. The molecular formula is C35H38N8O5. The Balaban J connectivity index is 1.21. The topological polar surface area (TPSA) is 145 Å². The maximum atomic E-state index is 13.9. The first-order valence-corrected chi connectivity index (χ1v) is 16.5. The van der Waals surface area contributed by atoms with E-state index in [2.05, 4.69) is 25.0 Å². The van der Waals surface area contributed by atoms with E-state index in [4.69, 9.17) is 4.74 Å². The molecule has 0 radical (unpaired) electrons. The maximum Gasteiger partial charge on any atom is 0.302 e. The molecule has 13 heteroatoms.